The lowest BCUT2D eigenvalue weighted by molar-refractivity contribution is 0.102. The van der Waals surface area contributed by atoms with Crippen LogP contribution in [0, 0.1) is 0 Å². The van der Waals surface area contributed by atoms with Crippen molar-refractivity contribution in [2.45, 2.75) is 0 Å². The standard InChI is InChI=1S/C9H6Cl2N2O/c10-2-8(14)7-4-13-9-6(7)1-5(11)3-12-9/h1,3-4H,2H2,(H,12,13). The molecule has 0 aliphatic heterocycles. The molecule has 0 aromatic carbocycles. The Labute approximate surface area is 90.0 Å². The molecule has 1 N–H and O–H groups in total. The fourth-order valence-electron chi connectivity index (χ4n) is 1.28. The van der Waals surface area contributed by atoms with Gasteiger partial charge in [0, 0.05) is 23.3 Å². The van der Waals surface area contributed by atoms with Gasteiger partial charge < -0.3 is 4.98 Å². The van der Waals surface area contributed by atoms with Crippen molar-refractivity contribution in [3.8, 4) is 0 Å². The molecule has 2 aromatic rings. The van der Waals surface area contributed by atoms with E-state index in [1.54, 1.807) is 12.3 Å². The van der Waals surface area contributed by atoms with Crippen molar-refractivity contribution < 1.29 is 4.79 Å². The Bertz CT molecular complexity index is 493. The first-order valence-electron chi connectivity index (χ1n) is 3.94. The van der Waals surface area contributed by atoms with E-state index in [1.807, 2.05) is 0 Å². The maximum atomic E-state index is 11.4. The molecule has 0 bridgehead atoms. The third kappa shape index (κ3) is 1.49. The van der Waals surface area contributed by atoms with Gasteiger partial charge >= 0.3 is 0 Å². The number of nitrogens with one attached hydrogen (secondary N) is 1. The zero-order chi connectivity index (χ0) is 10.1. The van der Waals surface area contributed by atoms with Gasteiger partial charge in [-0.15, -0.1) is 11.6 Å². The normalized spacial score (nSPS) is 10.7. The summed E-state index contributed by atoms with van der Waals surface area (Å²) in [5.41, 5.74) is 1.17. The molecule has 0 saturated carbocycles. The fraction of sp³-hybridized carbons (Fsp3) is 0.111. The van der Waals surface area contributed by atoms with Gasteiger partial charge in [0.15, 0.2) is 5.78 Å². The average molecular weight is 229 g/mol. The fourth-order valence-corrected chi connectivity index (χ4v) is 1.58. The van der Waals surface area contributed by atoms with Crippen molar-refractivity contribution in [3.63, 3.8) is 0 Å². The first kappa shape index (κ1) is 9.49. The number of aromatic nitrogens is 2. The molecule has 14 heavy (non-hydrogen) atoms. The molecule has 3 nitrogen and oxygen atoms in total. The molecule has 0 spiro atoms. The lowest BCUT2D eigenvalue weighted by atomic mass is 10.1. The zero-order valence-corrected chi connectivity index (χ0v) is 8.56. The Balaban J connectivity index is 2.67. The molecule has 0 unspecified atom stereocenters. The third-order valence-electron chi connectivity index (χ3n) is 1.92. The van der Waals surface area contributed by atoms with Crippen molar-refractivity contribution >= 4 is 40.0 Å². The minimum absolute atomic E-state index is 0.0422. The summed E-state index contributed by atoms with van der Waals surface area (Å²) in [4.78, 5) is 18.3. The number of carbonyl (C=O) groups excluding carboxylic acids is 1. The summed E-state index contributed by atoms with van der Waals surface area (Å²) in [6.07, 6.45) is 3.12. The highest BCUT2D eigenvalue weighted by molar-refractivity contribution is 6.33. The lowest BCUT2D eigenvalue weighted by Crippen LogP contribution is -1.98. The molecule has 0 aliphatic rings. The Morgan fingerprint density at radius 2 is 2.36 bits per heavy atom. The number of aromatic amines is 1. The monoisotopic (exact) mass is 228 g/mol. The summed E-state index contributed by atoms with van der Waals surface area (Å²) >= 11 is 11.2. The predicted octanol–water partition coefficient (Wildman–Crippen LogP) is 2.64. The quantitative estimate of drug-likeness (QED) is 0.635. The van der Waals surface area contributed by atoms with Crippen LogP contribution in [0.5, 0.6) is 0 Å². The number of alkyl halides is 1. The molecule has 0 saturated heterocycles. The number of ketones is 1. The van der Waals surface area contributed by atoms with E-state index in [4.69, 9.17) is 23.2 Å². The van der Waals surface area contributed by atoms with Gasteiger partial charge in [-0.25, -0.2) is 4.98 Å². The average Bonchev–Trinajstić information content (AvgIpc) is 2.59. The first-order chi connectivity index (χ1) is 6.72. The number of carbonyl (C=O) groups is 1. The highest BCUT2D eigenvalue weighted by Gasteiger charge is 2.11. The summed E-state index contributed by atoms with van der Waals surface area (Å²) < 4.78 is 0. The largest absolute Gasteiger partial charge is 0.345 e. The van der Waals surface area contributed by atoms with Crippen LogP contribution >= 0.6 is 23.2 Å². The second-order valence-electron chi connectivity index (χ2n) is 2.81. The van der Waals surface area contributed by atoms with Crippen LogP contribution in [-0.4, -0.2) is 21.6 Å². The topological polar surface area (TPSA) is 45.8 Å². The van der Waals surface area contributed by atoms with Gasteiger partial charge in [0.1, 0.15) is 5.65 Å². The molecule has 2 aromatic heterocycles. The van der Waals surface area contributed by atoms with Crippen LogP contribution in [0.15, 0.2) is 18.5 Å². The summed E-state index contributed by atoms with van der Waals surface area (Å²) in [5, 5.41) is 1.21. The van der Waals surface area contributed by atoms with Gasteiger partial charge in [0.25, 0.3) is 0 Å². The molecule has 0 aliphatic carbocycles. The maximum Gasteiger partial charge on any atom is 0.179 e. The Morgan fingerprint density at radius 1 is 1.57 bits per heavy atom. The highest BCUT2D eigenvalue weighted by atomic mass is 35.5. The number of fused-ring (bicyclic) bond motifs is 1. The van der Waals surface area contributed by atoms with Crippen molar-refractivity contribution in [1.82, 2.24) is 9.97 Å². The first-order valence-corrected chi connectivity index (χ1v) is 4.85. The SMILES string of the molecule is O=C(CCl)c1c[nH]c2ncc(Cl)cc12. The van der Waals surface area contributed by atoms with Crippen molar-refractivity contribution in [2.75, 3.05) is 5.88 Å². The summed E-state index contributed by atoms with van der Waals surface area (Å²) in [5.74, 6) is -0.179. The molecular weight excluding hydrogens is 223 g/mol. The van der Waals surface area contributed by atoms with Crippen LogP contribution in [0.4, 0.5) is 0 Å². The smallest absolute Gasteiger partial charge is 0.179 e. The number of rotatable bonds is 2. The predicted molar refractivity (Wildman–Crippen MR) is 56.2 cm³/mol. The Hall–Kier alpha value is -1.06. The van der Waals surface area contributed by atoms with E-state index in [0.717, 1.165) is 0 Å². The van der Waals surface area contributed by atoms with E-state index in [-0.39, 0.29) is 11.7 Å². The van der Waals surface area contributed by atoms with Gasteiger partial charge in [-0.2, -0.15) is 0 Å². The number of Topliss-reactive ketones (excluding diaryl/α,β-unsaturated/α-hetero) is 1. The van der Waals surface area contributed by atoms with Crippen LogP contribution in [-0.2, 0) is 0 Å². The molecule has 2 heterocycles. The van der Waals surface area contributed by atoms with Crippen molar-refractivity contribution in [3.05, 3.63) is 29.0 Å². The van der Waals surface area contributed by atoms with Gasteiger partial charge in [0.05, 0.1) is 10.9 Å². The minimum Gasteiger partial charge on any atom is -0.345 e. The number of pyridine rings is 1. The van der Waals surface area contributed by atoms with Gasteiger partial charge in [-0.3, -0.25) is 4.79 Å². The van der Waals surface area contributed by atoms with E-state index in [0.29, 0.717) is 21.6 Å². The van der Waals surface area contributed by atoms with E-state index in [1.165, 1.54) is 6.20 Å². The zero-order valence-electron chi connectivity index (χ0n) is 7.05. The van der Waals surface area contributed by atoms with E-state index in [9.17, 15) is 4.79 Å². The van der Waals surface area contributed by atoms with Gasteiger partial charge in [-0.05, 0) is 6.07 Å². The maximum absolute atomic E-state index is 11.4. The third-order valence-corrected chi connectivity index (χ3v) is 2.37. The number of halogens is 2. The molecule has 0 radical (unpaired) electrons. The Morgan fingerprint density at radius 3 is 3.07 bits per heavy atom. The van der Waals surface area contributed by atoms with Crippen LogP contribution in [0.25, 0.3) is 11.0 Å². The van der Waals surface area contributed by atoms with E-state index in [2.05, 4.69) is 9.97 Å². The van der Waals surface area contributed by atoms with Crippen LogP contribution < -0.4 is 0 Å². The van der Waals surface area contributed by atoms with Gasteiger partial charge in [-0.1, -0.05) is 11.6 Å². The van der Waals surface area contributed by atoms with Crippen LogP contribution in [0.2, 0.25) is 5.02 Å². The molecule has 2 rings (SSSR count). The second-order valence-corrected chi connectivity index (χ2v) is 3.51. The molecule has 5 heteroatoms. The van der Waals surface area contributed by atoms with Crippen molar-refractivity contribution in [1.29, 1.82) is 0 Å². The van der Waals surface area contributed by atoms with Crippen molar-refractivity contribution in [2.24, 2.45) is 0 Å². The number of hydrogen-bond acceptors (Lipinski definition) is 2. The summed E-state index contributed by atoms with van der Waals surface area (Å²) in [6, 6.07) is 1.69. The molecule has 72 valence electrons. The number of nitrogens with zero attached hydrogens (tertiary/aromatic N) is 1. The van der Waals surface area contributed by atoms with E-state index >= 15 is 0 Å². The minimum atomic E-state index is -0.137. The summed E-state index contributed by atoms with van der Waals surface area (Å²) in [7, 11) is 0. The lowest BCUT2D eigenvalue weighted by Gasteiger charge is -1.94. The van der Waals surface area contributed by atoms with E-state index < -0.39 is 0 Å². The molecule has 0 fully saturated rings. The van der Waals surface area contributed by atoms with Crippen LogP contribution in [0.3, 0.4) is 0 Å². The van der Waals surface area contributed by atoms with Gasteiger partial charge in [0.2, 0.25) is 0 Å². The second kappa shape index (κ2) is 3.59. The molecule has 0 atom stereocenters. The molecule has 0 amide bonds. The highest BCUT2D eigenvalue weighted by Crippen LogP contribution is 2.20. The number of H-pyrrole nitrogens is 1. The number of hydrogen-bond donors (Lipinski definition) is 1. The van der Waals surface area contributed by atoms with Crippen LogP contribution in [0.1, 0.15) is 10.4 Å². The summed E-state index contributed by atoms with van der Waals surface area (Å²) in [6.45, 7) is 0. The molecular formula is C9H6Cl2N2O. The Kier molecular flexibility index (Phi) is 2.44.